The molecule has 1 heterocycles. The van der Waals surface area contributed by atoms with Crippen LogP contribution in [0.5, 0.6) is 5.75 Å². The Labute approximate surface area is 144 Å². The van der Waals surface area contributed by atoms with Gasteiger partial charge in [-0.25, -0.2) is 4.79 Å². The molecule has 5 heteroatoms. The molecule has 1 aliphatic rings. The molecule has 1 saturated heterocycles. The van der Waals surface area contributed by atoms with Crippen LogP contribution >= 0.6 is 0 Å². The number of methoxy groups -OCH3 is 1. The molecule has 24 heavy (non-hydrogen) atoms. The zero-order chi connectivity index (χ0) is 17.6. The Morgan fingerprint density at radius 3 is 2.46 bits per heavy atom. The fraction of sp³-hybridized carbons (Fsp3) is 0.632. The highest BCUT2D eigenvalue weighted by Crippen LogP contribution is 2.39. The first kappa shape index (κ1) is 18.7. The van der Waals surface area contributed by atoms with Crippen LogP contribution < -0.4 is 4.74 Å². The molecule has 1 fully saturated rings. The molecule has 1 aromatic rings. The topological polar surface area (TPSA) is 54.0 Å². The van der Waals surface area contributed by atoms with Crippen molar-refractivity contribution in [2.45, 2.75) is 64.4 Å². The van der Waals surface area contributed by atoms with E-state index in [0.717, 1.165) is 24.3 Å². The number of carbonyl (C=O) groups excluding carboxylic acids is 1. The highest BCUT2D eigenvalue weighted by molar-refractivity contribution is 5.76. The molecule has 0 unspecified atom stereocenters. The van der Waals surface area contributed by atoms with Crippen molar-refractivity contribution in [3.05, 3.63) is 29.8 Å². The van der Waals surface area contributed by atoms with Crippen LogP contribution in [0.25, 0.3) is 0 Å². The Hall–Kier alpha value is -1.59. The Morgan fingerprint density at radius 2 is 1.83 bits per heavy atom. The maximum atomic E-state index is 11.9. The summed E-state index contributed by atoms with van der Waals surface area (Å²) >= 11 is 0. The lowest BCUT2D eigenvalue weighted by Crippen LogP contribution is -2.28. The SMILES string of the molecule is CCCCCCOc1ccc([C@H]2OC(C)(C)O[C@@H]2C(=O)OC)cc1. The number of unbranched alkanes of at least 4 members (excludes halogenated alkanes) is 3. The van der Waals surface area contributed by atoms with E-state index in [0.29, 0.717) is 0 Å². The van der Waals surface area contributed by atoms with Crippen molar-refractivity contribution < 1.29 is 23.7 Å². The molecule has 0 aliphatic carbocycles. The maximum Gasteiger partial charge on any atom is 0.338 e. The number of carbonyl (C=O) groups is 1. The highest BCUT2D eigenvalue weighted by atomic mass is 16.8. The zero-order valence-corrected chi connectivity index (χ0v) is 15.0. The third-order valence-electron chi connectivity index (χ3n) is 4.01. The first-order valence-electron chi connectivity index (χ1n) is 8.63. The van der Waals surface area contributed by atoms with Crippen molar-refractivity contribution >= 4 is 5.97 Å². The van der Waals surface area contributed by atoms with Crippen LogP contribution in [-0.2, 0) is 19.0 Å². The van der Waals surface area contributed by atoms with E-state index >= 15 is 0 Å². The van der Waals surface area contributed by atoms with Gasteiger partial charge in [0.25, 0.3) is 0 Å². The van der Waals surface area contributed by atoms with Crippen molar-refractivity contribution in [2.24, 2.45) is 0 Å². The van der Waals surface area contributed by atoms with Gasteiger partial charge in [-0.15, -0.1) is 0 Å². The number of benzene rings is 1. The molecule has 5 nitrogen and oxygen atoms in total. The van der Waals surface area contributed by atoms with Crippen LogP contribution in [0.15, 0.2) is 24.3 Å². The van der Waals surface area contributed by atoms with Crippen molar-refractivity contribution in [3.63, 3.8) is 0 Å². The fourth-order valence-corrected chi connectivity index (χ4v) is 2.77. The van der Waals surface area contributed by atoms with E-state index in [4.69, 9.17) is 18.9 Å². The van der Waals surface area contributed by atoms with Gasteiger partial charge in [-0.3, -0.25) is 0 Å². The third-order valence-corrected chi connectivity index (χ3v) is 4.01. The van der Waals surface area contributed by atoms with Gasteiger partial charge < -0.3 is 18.9 Å². The Balaban J connectivity index is 1.97. The summed E-state index contributed by atoms with van der Waals surface area (Å²) in [4.78, 5) is 11.9. The van der Waals surface area contributed by atoms with E-state index in [1.54, 1.807) is 13.8 Å². The summed E-state index contributed by atoms with van der Waals surface area (Å²) in [7, 11) is 1.35. The molecule has 2 atom stereocenters. The second-order valence-electron chi connectivity index (χ2n) is 6.48. The van der Waals surface area contributed by atoms with Crippen LogP contribution in [-0.4, -0.2) is 31.6 Å². The molecule has 0 bridgehead atoms. The minimum atomic E-state index is -0.821. The van der Waals surface area contributed by atoms with Gasteiger partial charge in [-0.1, -0.05) is 38.3 Å². The van der Waals surface area contributed by atoms with Gasteiger partial charge >= 0.3 is 5.97 Å². The normalized spacial score (nSPS) is 22.3. The minimum absolute atomic E-state index is 0.429. The van der Waals surface area contributed by atoms with Gasteiger partial charge in [0.15, 0.2) is 11.9 Å². The summed E-state index contributed by atoms with van der Waals surface area (Å²) in [5.74, 6) is -0.428. The predicted molar refractivity (Wildman–Crippen MR) is 90.9 cm³/mol. The number of rotatable bonds is 8. The average molecular weight is 336 g/mol. The first-order chi connectivity index (χ1) is 11.5. The maximum absolute atomic E-state index is 11.9. The number of hydrogen-bond donors (Lipinski definition) is 0. The fourth-order valence-electron chi connectivity index (χ4n) is 2.77. The van der Waals surface area contributed by atoms with E-state index < -0.39 is 24.0 Å². The lowest BCUT2D eigenvalue weighted by atomic mass is 10.0. The Kier molecular flexibility index (Phi) is 6.63. The van der Waals surface area contributed by atoms with Gasteiger partial charge in [0.1, 0.15) is 11.9 Å². The molecule has 0 saturated carbocycles. The van der Waals surface area contributed by atoms with Crippen molar-refractivity contribution in [3.8, 4) is 5.75 Å². The van der Waals surface area contributed by atoms with Crippen molar-refractivity contribution in [2.75, 3.05) is 13.7 Å². The quantitative estimate of drug-likeness (QED) is 0.530. The smallest absolute Gasteiger partial charge is 0.338 e. The molecule has 0 amide bonds. The van der Waals surface area contributed by atoms with Crippen molar-refractivity contribution in [1.29, 1.82) is 0 Å². The zero-order valence-electron chi connectivity index (χ0n) is 15.0. The van der Waals surface area contributed by atoms with E-state index in [9.17, 15) is 4.79 Å². The van der Waals surface area contributed by atoms with Crippen LogP contribution in [0, 0.1) is 0 Å². The molecular weight excluding hydrogens is 308 g/mol. The lowest BCUT2D eigenvalue weighted by molar-refractivity contribution is -0.168. The lowest BCUT2D eigenvalue weighted by Gasteiger charge is -2.17. The van der Waals surface area contributed by atoms with Crippen molar-refractivity contribution in [1.82, 2.24) is 0 Å². The summed E-state index contributed by atoms with van der Waals surface area (Å²) < 4.78 is 22.1. The molecule has 0 N–H and O–H groups in total. The molecule has 0 radical (unpaired) electrons. The van der Waals surface area contributed by atoms with E-state index in [1.165, 1.54) is 26.4 Å². The van der Waals surface area contributed by atoms with E-state index in [-0.39, 0.29) is 0 Å². The molecule has 2 rings (SSSR count). The minimum Gasteiger partial charge on any atom is -0.494 e. The second kappa shape index (κ2) is 8.49. The molecule has 1 aliphatic heterocycles. The molecule has 0 spiro atoms. The Morgan fingerprint density at radius 1 is 1.12 bits per heavy atom. The highest BCUT2D eigenvalue weighted by Gasteiger charge is 2.46. The van der Waals surface area contributed by atoms with Gasteiger partial charge in [-0.2, -0.15) is 0 Å². The summed E-state index contributed by atoms with van der Waals surface area (Å²) in [6, 6.07) is 7.62. The molecule has 1 aromatic carbocycles. The van der Waals surface area contributed by atoms with Gasteiger partial charge in [-0.05, 0) is 38.0 Å². The second-order valence-corrected chi connectivity index (χ2v) is 6.48. The summed E-state index contributed by atoms with van der Waals surface area (Å²) in [5, 5.41) is 0. The number of ether oxygens (including phenoxy) is 4. The predicted octanol–water partition coefficient (Wildman–Crippen LogP) is 4.01. The number of esters is 1. The monoisotopic (exact) mass is 336 g/mol. The number of hydrogen-bond acceptors (Lipinski definition) is 5. The summed E-state index contributed by atoms with van der Waals surface area (Å²) in [6.45, 7) is 6.49. The van der Waals surface area contributed by atoms with Gasteiger partial charge in [0.05, 0.1) is 13.7 Å². The average Bonchev–Trinajstić information content (AvgIpc) is 2.90. The first-order valence-corrected chi connectivity index (χ1v) is 8.63. The van der Waals surface area contributed by atoms with Crippen LogP contribution in [0.2, 0.25) is 0 Å². The largest absolute Gasteiger partial charge is 0.494 e. The van der Waals surface area contributed by atoms with Gasteiger partial charge in [0.2, 0.25) is 0 Å². The Bertz CT molecular complexity index is 523. The third kappa shape index (κ3) is 4.95. The molecule has 0 aromatic heterocycles. The molecular formula is C19H28O5. The van der Waals surface area contributed by atoms with E-state index in [1.807, 2.05) is 24.3 Å². The van der Waals surface area contributed by atoms with E-state index in [2.05, 4.69) is 6.92 Å². The molecule has 134 valence electrons. The summed E-state index contributed by atoms with van der Waals surface area (Å²) in [5.41, 5.74) is 0.870. The van der Waals surface area contributed by atoms with Crippen LogP contribution in [0.4, 0.5) is 0 Å². The van der Waals surface area contributed by atoms with Crippen LogP contribution in [0.1, 0.15) is 58.1 Å². The van der Waals surface area contributed by atoms with Crippen LogP contribution in [0.3, 0.4) is 0 Å². The van der Waals surface area contributed by atoms with Gasteiger partial charge in [0, 0.05) is 0 Å². The summed E-state index contributed by atoms with van der Waals surface area (Å²) in [6.07, 6.45) is 3.48. The standard InChI is InChI=1S/C19H28O5/c1-5-6-7-8-13-22-15-11-9-14(10-12-15)16-17(18(20)21-4)24-19(2,3)23-16/h9-12,16-17H,5-8,13H2,1-4H3/t16-,17+/m1/s1.